The molecule has 0 bridgehead atoms. The van der Waals surface area contributed by atoms with Crippen LogP contribution in [-0.2, 0) is 11.3 Å². The van der Waals surface area contributed by atoms with Gasteiger partial charge in [-0.25, -0.2) is 14.8 Å². The Bertz CT molecular complexity index is 1490. The van der Waals surface area contributed by atoms with Gasteiger partial charge in [-0.3, -0.25) is 9.51 Å². The number of aromatic nitrogens is 6. The fraction of sp³-hybridized carbons (Fsp3) is 0.500. The van der Waals surface area contributed by atoms with Gasteiger partial charge in [0, 0.05) is 23.7 Å². The molecular formula is C26H30ClN7O4. The topological polar surface area (TPSA) is 135 Å². The van der Waals surface area contributed by atoms with E-state index < -0.39 is 5.76 Å². The lowest BCUT2D eigenvalue weighted by molar-refractivity contribution is 0.0713. The van der Waals surface area contributed by atoms with E-state index in [0.717, 1.165) is 42.3 Å². The number of imidazole rings is 1. The molecule has 1 saturated carbocycles. The predicted octanol–water partition coefficient (Wildman–Crippen LogP) is 3.51. The highest BCUT2D eigenvalue weighted by molar-refractivity contribution is 6.30. The molecule has 0 spiro atoms. The molecule has 1 aliphatic carbocycles. The van der Waals surface area contributed by atoms with Crippen molar-refractivity contribution in [1.29, 1.82) is 0 Å². The van der Waals surface area contributed by atoms with Gasteiger partial charge in [0.15, 0.2) is 5.65 Å². The van der Waals surface area contributed by atoms with Crippen molar-refractivity contribution in [2.45, 2.75) is 45.2 Å². The molecule has 0 unspecified atom stereocenters. The van der Waals surface area contributed by atoms with Crippen LogP contribution in [0.5, 0.6) is 0 Å². The Morgan fingerprint density at radius 3 is 2.76 bits per heavy atom. The van der Waals surface area contributed by atoms with E-state index in [-0.39, 0.29) is 24.3 Å². The lowest BCUT2D eigenvalue weighted by Gasteiger charge is -2.36. The molecule has 12 heteroatoms. The van der Waals surface area contributed by atoms with Crippen molar-refractivity contribution in [3.05, 3.63) is 39.8 Å². The van der Waals surface area contributed by atoms with E-state index in [4.69, 9.17) is 35.8 Å². The number of H-pyrrole nitrogens is 1. The molecule has 1 aliphatic heterocycles. The number of ether oxygens (including phenoxy) is 1. The highest BCUT2D eigenvalue weighted by atomic mass is 35.5. The minimum Gasteiger partial charge on any atom is -0.394 e. The normalized spacial score (nSPS) is 22.3. The monoisotopic (exact) mass is 539 g/mol. The van der Waals surface area contributed by atoms with E-state index >= 15 is 0 Å². The first kappa shape index (κ1) is 25.0. The molecule has 1 aromatic carbocycles. The first-order chi connectivity index (χ1) is 18.5. The smallest absolute Gasteiger partial charge is 0.394 e. The summed E-state index contributed by atoms with van der Waals surface area (Å²) in [5.41, 5.74) is 2.67. The summed E-state index contributed by atoms with van der Waals surface area (Å²) in [6, 6.07) is 7.25. The third-order valence-corrected chi connectivity index (χ3v) is 7.84. The van der Waals surface area contributed by atoms with Crippen molar-refractivity contribution < 1.29 is 14.4 Å². The van der Waals surface area contributed by atoms with Gasteiger partial charge in [0.2, 0.25) is 17.6 Å². The first-order valence-corrected chi connectivity index (χ1v) is 13.4. The zero-order chi connectivity index (χ0) is 26.2. The van der Waals surface area contributed by atoms with Gasteiger partial charge in [-0.15, -0.1) is 0 Å². The number of aromatic amines is 1. The van der Waals surface area contributed by atoms with Gasteiger partial charge >= 0.3 is 5.76 Å². The fourth-order valence-electron chi connectivity index (χ4n) is 5.53. The van der Waals surface area contributed by atoms with E-state index in [1.165, 1.54) is 12.8 Å². The van der Waals surface area contributed by atoms with Crippen LogP contribution in [0.25, 0.3) is 34.1 Å². The lowest BCUT2D eigenvalue weighted by atomic mass is 9.83. The Balaban J connectivity index is 1.58. The molecule has 200 valence electrons. The van der Waals surface area contributed by atoms with Crippen molar-refractivity contribution in [1.82, 2.24) is 29.7 Å². The van der Waals surface area contributed by atoms with Crippen molar-refractivity contribution in [3.63, 3.8) is 0 Å². The van der Waals surface area contributed by atoms with Gasteiger partial charge in [-0.05, 0) is 36.8 Å². The molecular weight excluding hydrogens is 510 g/mol. The van der Waals surface area contributed by atoms with Crippen molar-refractivity contribution >= 4 is 28.7 Å². The Morgan fingerprint density at radius 2 is 2.03 bits per heavy atom. The summed E-state index contributed by atoms with van der Waals surface area (Å²) in [5, 5.41) is 14.5. The van der Waals surface area contributed by atoms with Crippen LogP contribution < -0.4 is 10.7 Å². The van der Waals surface area contributed by atoms with Crippen molar-refractivity contribution in [2.75, 3.05) is 31.3 Å². The summed E-state index contributed by atoms with van der Waals surface area (Å²) >= 11 is 6.39. The van der Waals surface area contributed by atoms with E-state index in [1.54, 1.807) is 0 Å². The standard InChI is InChI=1S/C26H30ClN7O4/c1-15-5-7-16(8-6-15)12-34-21-20(17-3-2-4-18(27)11-17)28-23(24-31-26(36)38-32-24)29-22(21)30-25(34)33-9-10-37-14-19(33)13-35/h2-4,11,15-16,19,35H,5-10,12-14H2,1H3,(H,31,32,36)/t15?,16?,19-/m1/s1. The van der Waals surface area contributed by atoms with Crippen molar-refractivity contribution in [3.8, 4) is 22.9 Å². The summed E-state index contributed by atoms with van der Waals surface area (Å²) in [4.78, 5) is 30.9. The second kappa shape index (κ2) is 10.5. The molecule has 2 N–H and O–H groups in total. The maximum absolute atomic E-state index is 11.7. The number of halogens is 1. The molecule has 4 heterocycles. The molecule has 1 atom stereocenters. The average molecular weight is 540 g/mol. The number of hydrogen-bond acceptors (Lipinski definition) is 9. The molecule has 4 aromatic rings. The third-order valence-electron chi connectivity index (χ3n) is 7.60. The summed E-state index contributed by atoms with van der Waals surface area (Å²) in [7, 11) is 0. The molecule has 2 aliphatic rings. The maximum atomic E-state index is 11.7. The van der Waals surface area contributed by atoms with Gasteiger partial charge in [0.25, 0.3) is 0 Å². The maximum Gasteiger partial charge on any atom is 0.439 e. The van der Waals surface area contributed by atoms with Crippen LogP contribution in [0.15, 0.2) is 33.6 Å². The third kappa shape index (κ3) is 4.81. The summed E-state index contributed by atoms with van der Waals surface area (Å²) in [5.74, 6) is 1.57. The quantitative estimate of drug-likeness (QED) is 0.377. The number of fused-ring (bicyclic) bond motifs is 1. The molecule has 0 radical (unpaired) electrons. The lowest BCUT2D eigenvalue weighted by Crippen LogP contribution is -2.49. The average Bonchev–Trinajstić information content (AvgIpc) is 3.53. The van der Waals surface area contributed by atoms with Gasteiger partial charge in [-0.2, -0.15) is 4.98 Å². The molecule has 2 fully saturated rings. The van der Waals surface area contributed by atoms with Crippen LogP contribution in [-0.4, -0.2) is 67.2 Å². The predicted molar refractivity (Wildman–Crippen MR) is 142 cm³/mol. The van der Waals surface area contributed by atoms with Gasteiger partial charge in [0.1, 0.15) is 11.2 Å². The van der Waals surface area contributed by atoms with E-state index in [1.807, 2.05) is 24.3 Å². The highest BCUT2D eigenvalue weighted by Crippen LogP contribution is 2.36. The number of aliphatic hydroxyl groups is 1. The number of nitrogens with one attached hydrogen (secondary N) is 1. The van der Waals surface area contributed by atoms with Crippen LogP contribution in [0.4, 0.5) is 5.95 Å². The highest BCUT2D eigenvalue weighted by Gasteiger charge is 2.31. The van der Waals surface area contributed by atoms with Gasteiger partial charge in [0.05, 0.1) is 25.9 Å². The van der Waals surface area contributed by atoms with Crippen LogP contribution in [0.1, 0.15) is 32.6 Å². The Morgan fingerprint density at radius 1 is 1.18 bits per heavy atom. The number of rotatable bonds is 6. The molecule has 0 amide bonds. The molecule has 3 aromatic heterocycles. The Kier molecular flexibility index (Phi) is 6.89. The van der Waals surface area contributed by atoms with Crippen LogP contribution in [0.3, 0.4) is 0 Å². The largest absolute Gasteiger partial charge is 0.439 e. The van der Waals surface area contributed by atoms with E-state index in [0.29, 0.717) is 42.0 Å². The second-order valence-electron chi connectivity index (χ2n) is 10.3. The zero-order valence-corrected chi connectivity index (χ0v) is 21.9. The van der Waals surface area contributed by atoms with Gasteiger partial charge in [-0.1, -0.05) is 48.7 Å². The van der Waals surface area contributed by atoms with E-state index in [9.17, 15) is 9.90 Å². The van der Waals surface area contributed by atoms with Crippen LogP contribution in [0, 0.1) is 11.8 Å². The number of aliphatic hydroxyl groups excluding tert-OH is 1. The Labute approximate surface area is 223 Å². The van der Waals surface area contributed by atoms with Gasteiger partial charge < -0.3 is 19.3 Å². The minimum absolute atomic E-state index is 0.0532. The van der Waals surface area contributed by atoms with Crippen LogP contribution >= 0.6 is 11.6 Å². The second-order valence-corrected chi connectivity index (χ2v) is 10.7. The number of morpholine rings is 1. The number of hydrogen-bond donors (Lipinski definition) is 2. The minimum atomic E-state index is -0.690. The number of anilines is 1. The molecule has 38 heavy (non-hydrogen) atoms. The SMILES string of the molecule is CC1CCC(Cn2c(N3CCOC[C@H]3CO)nc3nc(-c4noc(=O)[nH]4)nc(-c4cccc(Cl)c4)c32)CC1. The number of benzene rings is 1. The van der Waals surface area contributed by atoms with Crippen molar-refractivity contribution in [2.24, 2.45) is 11.8 Å². The summed E-state index contributed by atoms with van der Waals surface area (Å²) in [6.45, 7) is 4.57. The Hall–Kier alpha value is -3.28. The zero-order valence-electron chi connectivity index (χ0n) is 21.1. The number of nitrogens with zero attached hydrogens (tertiary/aromatic N) is 6. The molecule has 11 nitrogen and oxygen atoms in total. The summed E-state index contributed by atoms with van der Waals surface area (Å²) < 4.78 is 12.6. The van der Waals surface area contributed by atoms with Crippen LogP contribution in [0.2, 0.25) is 5.02 Å². The molecule has 1 saturated heterocycles. The fourth-order valence-corrected chi connectivity index (χ4v) is 5.72. The summed E-state index contributed by atoms with van der Waals surface area (Å²) in [6.07, 6.45) is 4.67. The van der Waals surface area contributed by atoms with E-state index in [2.05, 4.69) is 26.5 Å². The first-order valence-electron chi connectivity index (χ1n) is 13.1. The molecule has 6 rings (SSSR count).